The van der Waals surface area contributed by atoms with Crippen molar-refractivity contribution in [2.24, 2.45) is 0 Å². The van der Waals surface area contributed by atoms with Crippen molar-refractivity contribution in [3.8, 4) is 28.6 Å². The van der Waals surface area contributed by atoms with Gasteiger partial charge in [-0.25, -0.2) is 9.07 Å². The summed E-state index contributed by atoms with van der Waals surface area (Å²) in [5.74, 6) is 1.72. The quantitative estimate of drug-likeness (QED) is 0.356. The van der Waals surface area contributed by atoms with E-state index in [0.29, 0.717) is 51.5 Å². The summed E-state index contributed by atoms with van der Waals surface area (Å²) in [7, 11) is 4.65. The van der Waals surface area contributed by atoms with Crippen LogP contribution in [0.3, 0.4) is 0 Å². The van der Waals surface area contributed by atoms with Gasteiger partial charge in [0.2, 0.25) is 5.95 Å². The molecular weight excluding hydrogens is 489 g/mol. The molecule has 1 amide bonds. The van der Waals surface area contributed by atoms with Crippen molar-refractivity contribution in [3.63, 3.8) is 0 Å². The standard InChI is InChI=1S/C28H26FN5O4/c1-16-24(27(35)31-20-7-5-6-8-21(20)36-2)25(18-11-14-22(37-3)23(15-18)38-4)34-28(30-16)32-26(33-34)17-9-12-19(29)13-10-17/h5-15,25H,1-4H3,(H,31,35)(H,30,32,33). The highest BCUT2D eigenvalue weighted by molar-refractivity contribution is 6.06. The Balaban J connectivity index is 1.63. The minimum atomic E-state index is -0.664. The first-order valence-electron chi connectivity index (χ1n) is 11.8. The molecule has 0 bridgehead atoms. The van der Waals surface area contributed by atoms with E-state index in [1.807, 2.05) is 24.3 Å². The van der Waals surface area contributed by atoms with E-state index in [4.69, 9.17) is 19.3 Å². The fraction of sp³-hybridized carbons (Fsp3) is 0.179. The van der Waals surface area contributed by atoms with Gasteiger partial charge in [-0.05, 0) is 61.0 Å². The molecule has 0 radical (unpaired) electrons. The van der Waals surface area contributed by atoms with Gasteiger partial charge in [-0.1, -0.05) is 18.2 Å². The maximum absolute atomic E-state index is 13.8. The number of carbonyl (C=O) groups is 1. The first-order chi connectivity index (χ1) is 18.4. The number of nitrogens with one attached hydrogen (secondary N) is 2. The molecule has 0 saturated carbocycles. The van der Waals surface area contributed by atoms with Gasteiger partial charge in [0.25, 0.3) is 5.91 Å². The first kappa shape index (κ1) is 24.8. The minimum absolute atomic E-state index is 0.344. The third-order valence-electron chi connectivity index (χ3n) is 6.28. The van der Waals surface area contributed by atoms with E-state index in [1.54, 1.807) is 63.3 Å². The molecule has 4 aromatic rings. The normalized spacial score (nSPS) is 14.4. The number of amides is 1. The number of para-hydroxylation sites is 2. The van der Waals surface area contributed by atoms with E-state index in [1.165, 1.54) is 12.1 Å². The zero-order valence-electron chi connectivity index (χ0n) is 21.3. The molecule has 1 aliphatic heterocycles. The number of hydrogen-bond donors (Lipinski definition) is 2. The number of methoxy groups -OCH3 is 3. The van der Waals surface area contributed by atoms with Crippen molar-refractivity contribution in [1.29, 1.82) is 0 Å². The largest absolute Gasteiger partial charge is 0.495 e. The van der Waals surface area contributed by atoms with Crippen molar-refractivity contribution >= 4 is 17.5 Å². The maximum Gasteiger partial charge on any atom is 0.255 e. The number of hydrogen-bond acceptors (Lipinski definition) is 7. The fourth-order valence-corrected chi connectivity index (χ4v) is 4.43. The monoisotopic (exact) mass is 515 g/mol. The van der Waals surface area contributed by atoms with Crippen LogP contribution in [0.1, 0.15) is 18.5 Å². The zero-order valence-corrected chi connectivity index (χ0v) is 21.3. The van der Waals surface area contributed by atoms with E-state index >= 15 is 0 Å². The average molecular weight is 516 g/mol. The van der Waals surface area contributed by atoms with Gasteiger partial charge in [0.05, 0.1) is 32.6 Å². The molecule has 0 fully saturated rings. The number of benzene rings is 3. The number of rotatable bonds is 7. The van der Waals surface area contributed by atoms with Crippen molar-refractivity contribution < 1.29 is 23.4 Å². The topological polar surface area (TPSA) is 99.5 Å². The van der Waals surface area contributed by atoms with Crippen molar-refractivity contribution in [2.75, 3.05) is 32.0 Å². The lowest BCUT2D eigenvalue weighted by molar-refractivity contribution is -0.113. The van der Waals surface area contributed by atoms with Crippen molar-refractivity contribution in [2.45, 2.75) is 13.0 Å². The van der Waals surface area contributed by atoms with E-state index < -0.39 is 6.04 Å². The molecule has 9 nitrogen and oxygen atoms in total. The van der Waals surface area contributed by atoms with Gasteiger partial charge in [0, 0.05) is 11.3 Å². The Morgan fingerprint density at radius 1 is 0.947 bits per heavy atom. The van der Waals surface area contributed by atoms with Crippen LogP contribution in [0.25, 0.3) is 11.4 Å². The second-order valence-electron chi connectivity index (χ2n) is 8.55. The van der Waals surface area contributed by atoms with E-state index in [0.717, 1.165) is 5.56 Å². The molecule has 38 heavy (non-hydrogen) atoms. The Morgan fingerprint density at radius 3 is 2.37 bits per heavy atom. The summed E-state index contributed by atoms with van der Waals surface area (Å²) in [6.07, 6.45) is 0. The lowest BCUT2D eigenvalue weighted by atomic mass is 9.94. The number of anilines is 2. The molecule has 0 spiro atoms. The third-order valence-corrected chi connectivity index (χ3v) is 6.28. The van der Waals surface area contributed by atoms with E-state index in [-0.39, 0.29) is 11.7 Å². The highest BCUT2D eigenvalue weighted by Crippen LogP contribution is 2.40. The van der Waals surface area contributed by atoms with E-state index in [9.17, 15) is 9.18 Å². The molecule has 0 saturated heterocycles. The molecule has 2 N–H and O–H groups in total. The van der Waals surface area contributed by atoms with Gasteiger partial charge in [-0.15, -0.1) is 5.10 Å². The lowest BCUT2D eigenvalue weighted by Crippen LogP contribution is -2.31. The Labute approximate surface area is 218 Å². The molecule has 10 heteroatoms. The summed E-state index contributed by atoms with van der Waals surface area (Å²) in [4.78, 5) is 18.4. The fourth-order valence-electron chi connectivity index (χ4n) is 4.43. The number of aromatic nitrogens is 3. The predicted molar refractivity (Wildman–Crippen MR) is 141 cm³/mol. The Bertz CT molecular complexity index is 1530. The smallest absolute Gasteiger partial charge is 0.255 e. The van der Waals surface area contributed by atoms with Crippen molar-refractivity contribution in [1.82, 2.24) is 14.8 Å². The highest BCUT2D eigenvalue weighted by Gasteiger charge is 2.35. The van der Waals surface area contributed by atoms with Crippen LogP contribution in [0.15, 0.2) is 78.0 Å². The number of nitrogens with zero attached hydrogens (tertiary/aromatic N) is 3. The Morgan fingerprint density at radius 2 is 1.66 bits per heavy atom. The Hall–Kier alpha value is -4.86. The number of allylic oxidation sites excluding steroid dienone is 1. The predicted octanol–water partition coefficient (Wildman–Crippen LogP) is 5.04. The average Bonchev–Trinajstić information content (AvgIpc) is 3.36. The maximum atomic E-state index is 13.8. The molecule has 2 heterocycles. The van der Waals surface area contributed by atoms with Gasteiger partial charge in [-0.2, -0.15) is 4.98 Å². The molecular formula is C28H26FN5O4. The minimum Gasteiger partial charge on any atom is -0.495 e. The first-order valence-corrected chi connectivity index (χ1v) is 11.8. The van der Waals surface area contributed by atoms with Crippen LogP contribution in [-0.2, 0) is 4.79 Å². The van der Waals surface area contributed by atoms with Gasteiger partial charge in [0.15, 0.2) is 17.3 Å². The third kappa shape index (κ3) is 4.52. The Kier molecular flexibility index (Phi) is 6.69. The summed E-state index contributed by atoms with van der Waals surface area (Å²) in [5, 5.41) is 10.9. The molecule has 1 atom stereocenters. The van der Waals surface area contributed by atoms with Gasteiger partial charge >= 0.3 is 0 Å². The SMILES string of the molecule is COc1ccccc1NC(=O)C1=C(C)Nc2nc(-c3ccc(F)cc3)nn2C1c1ccc(OC)c(OC)c1. The van der Waals surface area contributed by atoms with Crippen LogP contribution < -0.4 is 24.8 Å². The van der Waals surface area contributed by atoms with Crippen molar-refractivity contribution in [3.05, 3.63) is 89.4 Å². The molecule has 0 aliphatic carbocycles. The summed E-state index contributed by atoms with van der Waals surface area (Å²) in [5.41, 5.74) is 2.92. The van der Waals surface area contributed by atoms with Crippen LogP contribution in [0.4, 0.5) is 16.0 Å². The molecule has 194 valence electrons. The lowest BCUT2D eigenvalue weighted by Gasteiger charge is -2.29. The molecule has 1 unspecified atom stereocenters. The summed E-state index contributed by atoms with van der Waals surface area (Å²) < 4.78 is 31.5. The van der Waals surface area contributed by atoms with Crippen LogP contribution in [-0.4, -0.2) is 42.0 Å². The number of carbonyl (C=O) groups excluding carboxylic acids is 1. The molecule has 1 aromatic heterocycles. The number of fused-ring (bicyclic) bond motifs is 1. The van der Waals surface area contributed by atoms with Gasteiger partial charge < -0.3 is 24.8 Å². The molecule has 3 aromatic carbocycles. The second kappa shape index (κ2) is 10.3. The zero-order chi connectivity index (χ0) is 26.8. The summed E-state index contributed by atoms with van der Waals surface area (Å²) >= 11 is 0. The van der Waals surface area contributed by atoms with E-state index in [2.05, 4.69) is 15.6 Å². The molecule has 1 aliphatic rings. The van der Waals surface area contributed by atoms with Crippen LogP contribution in [0, 0.1) is 5.82 Å². The highest BCUT2D eigenvalue weighted by atomic mass is 19.1. The number of halogens is 1. The second-order valence-corrected chi connectivity index (χ2v) is 8.55. The van der Waals surface area contributed by atoms with Crippen LogP contribution >= 0.6 is 0 Å². The molecule has 5 rings (SSSR count). The van der Waals surface area contributed by atoms with Crippen LogP contribution in [0.5, 0.6) is 17.2 Å². The summed E-state index contributed by atoms with van der Waals surface area (Å²) in [6.45, 7) is 1.81. The van der Waals surface area contributed by atoms with Gasteiger partial charge in [-0.3, -0.25) is 4.79 Å². The van der Waals surface area contributed by atoms with Gasteiger partial charge in [0.1, 0.15) is 17.6 Å². The summed E-state index contributed by atoms with van der Waals surface area (Å²) in [6, 6.07) is 17.9. The van der Waals surface area contributed by atoms with Crippen LogP contribution in [0.2, 0.25) is 0 Å². The number of ether oxygens (including phenoxy) is 3.